The maximum absolute atomic E-state index is 6.09. The van der Waals surface area contributed by atoms with Crippen LogP contribution < -0.4 is 5.73 Å². The van der Waals surface area contributed by atoms with E-state index < -0.39 is 0 Å². The zero-order chi connectivity index (χ0) is 11.8. The third-order valence-electron chi connectivity index (χ3n) is 2.25. The Morgan fingerprint density at radius 1 is 1.31 bits per heavy atom. The molecule has 90 valence electrons. The molecule has 0 heterocycles. The third kappa shape index (κ3) is 4.49. The molecule has 1 aromatic carbocycles. The minimum atomic E-state index is 0.509. The fraction of sp³-hybridized carbons (Fsp3) is 0.500. The van der Waals surface area contributed by atoms with Gasteiger partial charge in [0.2, 0.25) is 0 Å². The lowest BCUT2D eigenvalue weighted by Crippen LogP contribution is -2.01. The van der Waals surface area contributed by atoms with Crippen molar-refractivity contribution in [2.75, 3.05) is 20.3 Å². The monoisotopic (exact) mass is 243 g/mol. The lowest BCUT2D eigenvalue weighted by molar-refractivity contribution is 0.0929. The fourth-order valence-corrected chi connectivity index (χ4v) is 1.58. The van der Waals surface area contributed by atoms with E-state index in [2.05, 4.69) is 0 Å². The van der Waals surface area contributed by atoms with Gasteiger partial charge in [0.1, 0.15) is 0 Å². The second kappa shape index (κ2) is 7.63. The summed E-state index contributed by atoms with van der Waals surface area (Å²) in [7, 11) is 1.68. The van der Waals surface area contributed by atoms with Crippen LogP contribution >= 0.6 is 11.6 Å². The van der Waals surface area contributed by atoms with Gasteiger partial charge in [0.25, 0.3) is 0 Å². The van der Waals surface area contributed by atoms with Gasteiger partial charge in [0.05, 0.1) is 6.61 Å². The maximum atomic E-state index is 6.09. The van der Waals surface area contributed by atoms with Gasteiger partial charge in [0.15, 0.2) is 0 Å². The number of halogens is 1. The van der Waals surface area contributed by atoms with Gasteiger partial charge in [-0.05, 0) is 23.6 Å². The number of hydrogen-bond donors (Lipinski definition) is 1. The molecular weight excluding hydrogens is 226 g/mol. The van der Waals surface area contributed by atoms with Crippen LogP contribution in [-0.2, 0) is 22.6 Å². The first-order valence-corrected chi connectivity index (χ1v) is 5.69. The molecule has 0 aliphatic heterocycles. The first kappa shape index (κ1) is 13.5. The summed E-state index contributed by atoms with van der Waals surface area (Å²) >= 11 is 6.09. The van der Waals surface area contributed by atoms with Crippen LogP contribution in [0.1, 0.15) is 17.5 Å². The van der Waals surface area contributed by atoms with Gasteiger partial charge in [-0.25, -0.2) is 0 Å². The Labute approximate surface area is 101 Å². The molecule has 0 bridgehead atoms. The van der Waals surface area contributed by atoms with Gasteiger partial charge < -0.3 is 15.2 Å². The van der Waals surface area contributed by atoms with Crippen LogP contribution in [-0.4, -0.2) is 20.3 Å². The molecule has 4 heteroatoms. The summed E-state index contributed by atoms with van der Waals surface area (Å²) in [5.41, 5.74) is 7.55. The molecule has 0 fully saturated rings. The van der Waals surface area contributed by atoms with E-state index in [1.165, 1.54) is 0 Å². The molecule has 0 unspecified atom stereocenters. The molecule has 0 atom stereocenters. The molecule has 0 saturated carbocycles. The van der Waals surface area contributed by atoms with E-state index in [1.54, 1.807) is 7.11 Å². The van der Waals surface area contributed by atoms with Crippen LogP contribution in [0.3, 0.4) is 0 Å². The van der Waals surface area contributed by atoms with E-state index in [1.807, 2.05) is 18.2 Å². The second-order valence-electron chi connectivity index (χ2n) is 3.53. The van der Waals surface area contributed by atoms with E-state index in [4.69, 9.17) is 26.8 Å². The van der Waals surface area contributed by atoms with Crippen LogP contribution in [0, 0.1) is 0 Å². The average molecular weight is 244 g/mol. The Kier molecular flexibility index (Phi) is 6.42. The third-order valence-corrected chi connectivity index (χ3v) is 2.60. The normalized spacial score (nSPS) is 10.7. The van der Waals surface area contributed by atoms with E-state index >= 15 is 0 Å². The molecule has 0 amide bonds. The molecule has 0 saturated heterocycles. The highest BCUT2D eigenvalue weighted by molar-refractivity contribution is 6.31. The van der Waals surface area contributed by atoms with Crippen molar-refractivity contribution in [3.05, 3.63) is 34.3 Å². The Bertz CT molecular complexity index is 318. The Balaban J connectivity index is 2.36. The van der Waals surface area contributed by atoms with Gasteiger partial charge in [-0.15, -0.1) is 0 Å². The van der Waals surface area contributed by atoms with Crippen LogP contribution in [0.25, 0.3) is 0 Å². The molecule has 1 rings (SSSR count). The lowest BCUT2D eigenvalue weighted by atomic mass is 10.1. The molecule has 2 N–H and O–H groups in total. The molecule has 0 aromatic heterocycles. The van der Waals surface area contributed by atoms with Crippen molar-refractivity contribution in [3.8, 4) is 0 Å². The van der Waals surface area contributed by atoms with Crippen LogP contribution in [0.5, 0.6) is 0 Å². The molecule has 0 spiro atoms. The minimum Gasteiger partial charge on any atom is -0.385 e. The van der Waals surface area contributed by atoms with Crippen LogP contribution in [0.2, 0.25) is 5.02 Å². The lowest BCUT2D eigenvalue weighted by Gasteiger charge is -2.07. The predicted molar refractivity (Wildman–Crippen MR) is 65.5 cm³/mol. The standard InChI is InChI=1S/C12H18ClNO2/c1-15-5-2-6-16-9-11-4-3-10(8-14)7-12(11)13/h3-4,7H,2,5-6,8-9,14H2,1H3. The molecule has 16 heavy (non-hydrogen) atoms. The van der Waals surface area contributed by atoms with Crippen LogP contribution in [0.4, 0.5) is 0 Å². The molecule has 0 radical (unpaired) electrons. The topological polar surface area (TPSA) is 44.5 Å². The van der Waals surface area contributed by atoms with Crippen molar-refractivity contribution in [1.82, 2.24) is 0 Å². The predicted octanol–water partition coefficient (Wildman–Crippen LogP) is 2.35. The number of hydrogen-bond acceptors (Lipinski definition) is 3. The first-order valence-electron chi connectivity index (χ1n) is 5.32. The summed E-state index contributed by atoms with van der Waals surface area (Å²) in [5, 5.41) is 0.717. The molecular formula is C12H18ClNO2. The van der Waals surface area contributed by atoms with Crippen molar-refractivity contribution < 1.29 is 9.47 Å². The largest absolute Gasteiger partial charge is 0.385 e. The fourth-order valence-electron chi connectivity index (χ4n) is 1.32. The Hall–Kier alpha value is -0.610. The van der Waals surface area contributed by atoms with E-state index in [-0.39, 0.29) is 0 Å². The average Bonchev–Trinajstić information content (AvgIpc) is 2.30. The second-order valence-corrected chi connectivity index (χ2v) is 3.94. The number of benzene rings is 1. The summed E-state index contributed by atoms with van der Waals surface area (Å²) in [6.07, 6.45) is 0.898. The van der Waals surface area contributed by atoms with Crippen molar-refractivity contribution in [1.29, 1.82) is 0 Å². The smallest absolute Gasteiger partial charge is 0.0731 e. The van der Waals surface area contributed by atoms with E-state index in [9.17, 15) is 0 Å². The summed E-state index contributed by atoms with van der Waals surface area (Å²) in [5.74, 6) is 0. The summed E-state index contributed by atoms with van der Waals surface area (Å²) in [6.45, 7) is 2.45. The number of ether oxygens (including phenoxy) is 2. The van der Waals surface area contributed by atoms with Crippen molar-refractivity contribution in [2.45, 2.75) is 19.6 Å². The highest BCUT2D eigenvalue weighted by Gasteiger charge is 2.01. The minimum absolute atomic E-state index is 0.509. The van der Waals surface area contributed by atoms with Crippen molar-refractivity contribution in [2.24, 2.45) is 5.73 Å². The van der Waals surface area contributed by atoms with Gasteiger partial charge in [0, 0.05) is 31.9 Å². The number of nitrogens with two attached hydrogens (primary N) is 1. The van der Waals surface area contributed by atoms with E-state index in [0.717, 1.165) is 29.2 Å². The number of rotatable bonds is 7. The summed E-state index contributed by atoms with van der Waals surface area (Å²) in [6, 6.07) is 5.82. The molecule has 0 aliphatic rings. The highest BCUT2D eigenvalue weighted by Crippen LogP contribution is 2.18. The highest BCUT2D eigenvalue weighted by atomic mass is 35.5. The van der Waals surface area contributed by atoms with E-state index in [0.29, 0.717) is 19.8 Å². The van der Waals surface area contributed by atoms with Crippen molar-refractivity contribution >= 4 is 11.6 Å². The van der Waals surface area contributed by atoms with Gasteiger partial charge in [-0.3, -0.25) is 0 Å². The molecule has 3 nitrogen and oxygen atoms in total. The molecule has 0 aliphatic carbocycles. The quantitative estimate of drug-likeness (QED) is 0.748. The SMILES string of the molecule is COCCCOCc1ccc(CN)cc1Cl. The maximum Gasteiger partial charge on any atom is 0.0731 e. The van der Waals surface area contributed by atoms with Crippen LogP contribution in [0.15, 0.2) is 18.2 Å². The zero-order valence-corrected chi connectivity index (χ0v) is 10.3. The first-order chi connectivity index (χ1) is 7.77. The number of methoxy groups -OCH3 is 1. The molecule has 1 aromatic rings. The summed E-state index contributed by atoms with van der Waals surface area (Å²) in [4.78, 5) is 0. The van der Waals surface area contributed by atoms with Gasteiger partial charge in [-0.2, -0.15) is 0 Å². The Morgan fingerprint density at radius 3 is 2.75 bits per heavy atom. The van der Waals surface area contributed by atoms with Crippen molar-refractivity contribution in [3.63, 3.8) is 0 Å². The summed E-state index contributed by atoms with van der Waals surface area (Å²) < 4.78 is 10.4. The van der Waals surface area contributed by atoms with Gasteiger partial charge >= 0.3 is 0 Å². The zero-order valence-electron chi connectivity index (χ0n) is 9.54. The van der Waals surface area contributed by atoms with Gasteiger partial charge in [-0.1, -0.05) is 23.7 Å². The Morgan fingerprint density at radius 2 is 2.12 bits per heavy atom.